The smallest absolute Gasteiger partial charge is 0.408 e. The van der Waals surface area contributed by atoms with Crippen molar-refractivity contribution in [3.63, 3.8) is 0 Å². The monoisotopic (exact) mass is 341 g/mol. The van der Waals surface area contributed by atoms with Crippen LogP contribution in [0.2, 0.25) is 0 Å². The van der Waals surface area contributed by atoms with Crippen LogP contribution in [0.3, 0.4) is 0 Å². The summed E-state index contributed by atoms with van der Waals surface area (Å²) in [7, 11) is 0. The second-order valence-electron chi connectivity index (χ2n) is 6.98. The van der Waals surface area contributed by atoms with Crippen molar-refractivity contribution in [2.24, 2.45) is 5.92 Å². The van der Waals surface area contributed by atoms with Crippen LogP contribution in [0, 0.1) is 5.92 Å². The van der Waals surface area contributed by atoms with E-state index in [0.29, 0.717) is 23.5 Å². The molecule has 0 aliphatic rings. The molecule has 1 aromatic heterocycles. The lowest BCUT2D eigenvalue weighted by Gasteiger charge is -2.22. The van der Waals surface area contributed by atoms with Gasteiger partial charge in [0, 0.05) is 5.75 Å². The Hall–Kier alpha value is -1.50. The summed E-state index contributed by atoms with van der Waals surface area (Å²) in [5.41, 5.74) is 0.476. The zero-order valence-electron chi connectivity index (χ0n) is 14.8. The van der Waals surface area contributed by atoms with E-state index in [1.165, 1.54) is 11.8 Å². The summed E-state index contributed by atoms with van der Waals surface area (Å²) in [6.45, 7) is 15.4. The highest BCUT2D eigenvalue weighted by molar-refractivity contribution is 7.99. The molecule has 1 aromatic rings. The quantitative estimate of drug-likeness (QED) is 0.587. The molecule has 1 N–H and O–H groups in total. The molecule has 6 nitrogen and oxygen atoms in total. The second-order valence-corrected chi connectivity index (χ2v) is 7.91. The molecule has 0 saturated carbocycles. The normalized spacial score (nSPS) is 13.0. The largest absolute Gasteiger partial charge is 0.444 e. The second kappa shape index (κ2) is 8.38. The van der Waals surface area contributed by atoms with Crippen LogP contribution in [-0.2, 0) is 4.74 Å². The zero-order chi connectivity index (χ0) is 17.6. The Bertz CT molecular complexity index is 535. The molecule has 0 aromatic carbocycles. The van der Waals surface area contributed by atoms with Crippen molar-refractivity contribution < 1.29 is 13.9 Å². The van der Waals surface area contributed by atoms with Crippen molar-refractivity contribution >= 4 is 17.9 Å². The average molecular weight is 341 g/mol. The van der Waals surface area contributed by atoms with Crippen LogP contribution in [0.15, 0.2) is 21.8 Å². The van der Waals surface area contributed by atoms with Gasteiger partial charge in [-0.15, -0.1) is 10.2 Å². The molecule has 0 bridgehead atoms. The number of nitrogens with one attached hydrogen (secondary N) is 1. The van der Waals surface area contributed by atoms with Gasteiger partial charge in [-0.2, -0.15) is 0 Å². The van der Waals surface area contributed by atoms with Crippen LogP contribution in [0.1, 0.15) is 59.9 Å². The summed E-state index contributed by atoms with van der Waals surface area (Å²) in [6.07, 6.45) is 0.198. The maximum atomic E-state index is 12.0. The third-order valence-electron chi connectivity index (χ3n) is 2.56. The molecule has 0 saturated heterocycles. The molecule has 1 heterocycles. The highest BCUT2D eigenvalue weighted by Crippen LogP contribution is 2.25. The van der Waals surface area contributed by atoms with Crippen LogP contribution in [-0.4, -0.2) is 27.6 Å². The lowest BCUT2D eigenvalue weighted by Crippen LogP contribution is -2.35. The Balaban J connectivity index is 2.77. The van der Waals surface area contributed by atoms with E-state index in [0.717, 1.165) is 11.3 Å². The van der Waals surface area contributed by atoms with Gasteiger partial charge in [0.1, 0.15) is 11.6 Å². The van der Waals surface area contributed by atoms with Gasteiger partial charge in [-0.05, 0) is 40.0 Å². The predicted octanol–water partition coefficient (Wildman–Crippen LogP) is 4.35. The van der Waals surface area contributed by atoms with Gasteiger partial charge in [0.25, 0.3) is 5.22 Å². The number of hydrogen-bond acceptors (Lipinski definition) is 6. The first-order valence-corrected chi connectivity index (χ1v) is 8.65. The number of hydrogen-bond donors (Lipinski definition) is 1. The molecule has 1 rings (SSSR count). The molecule has 0 spiro atoms. The zero-order valence-corrected chi connectivity index (χ0v) is 15.6. The van der Waals surface area contributed by atoms with E-state index in [2.05, 4.69) is 35.9 Å². The maximum absolute atomic E-state index is 12.0. The number of amides is 1. The van der Waals surface area contributed by atoms with Gasteiger partial charge in [-0.25, -0.2) is 4.79 Å². The van der Waals surface area contributed by atoms with Crippen LogP contribution >= 0.6 is 11.8 Å². The molecule has 0 aliphatic carbocycles. The lowest BCUT2D eigenvalue weighted by atomic mass is 10.0. The summed E-state index contributed by atoms with van der Waals surface area (Å²) in [5, 5.41) is 11.4. The Labute approximate surface area is 142 Å². The molecule has 0 fully saturated rings. The van der Waals surface area contributed by atoms with Crippen molar-refractivity contribution in [2.45, 2.75) is 64.8 Å². The fraction of sp³-hybridized carbons (Fsp3) is 0.688. The van der Waals surface area contributed by atoms with Crippen LogP contribution in [0.25, 0.3) is 0 Å². The Morgan fingerprint density at radius 3 is 2.57 bits per heavy atom. The van der Waals surface area contributed by atoms with E-state index in [9.17, 15) is 4.79 Å². The predicted molar refractivity (Wildman–Crippen MR) is 91.4 cm³/mol. The van der Waals surface area contributed by atoms with Gasteiger partial charge in [0.15, 0.2) is 0 Å². The standard InChI is InChI=1S/C16H27N3O3S/c1-10(2)8-12(17-14(20)22-16(5,6)7)13-18-19-15(21-13)23-9-11(3)4/h10,12H,3,8-9H2,1-2,4-7H3,(H,17,20)/t12-/m1/s1. The maximum Gasteiger partial charge on any atom is 0.408 e. The number of thioether (sulfide) groups is 1. The van der Waals surface area contributed by atoms with Crippen LogP contribution < -0.4 is 5.32 Å². The first-order chi connectivity index (χ1) is 10.6. The fourth-order valence-electron chi connectivity index (χ4n) is 1.75. The minimum Gasteiger partial charge on any atom is -0.444 e. The van der Waals surface area contributed by atoms with Crippen molar-refractivity contribution in [2.75, 3.05) is 5.75 Å². The van der Waals surface area contributed by atoms with Gasteiger partial charge in [-0.1, -0.05) is 37.8 Å². The van der Waals surface area contributed by atoms with Crippen LogP contribution in [0.5, 0.6) is 0 Å². The molecule has 0 radical (unpaired) electrons. The summed E-state index contributed by atoms with van der Waals surface area (Å²) in [6, 6.07) is -0.364. The number of rotatable bonds is 7. The molecular weight excluding hydrogens is 314 g/mol. The molecule has 23 heavy (non-hydrogen) atoms. The highest BCUT2D eigenvalue weighted by atomic mass is 32.2. The molecule has 1 atom stereocenters. The topological polar surface area (TPSA) is 77.2 Å². The third kappa shape index (κ3) is 8.06. The number of alkyl carbamates (subject to hydrolysis) is 1. The van der Waals surface area contributed by atoms with Gasteiger partial charge >= 0.3 is 6.09 Å². The number of ether oxygens (including phenoxy) is 1. The molecule has 7 heteroatoms. The Kier molecular flexibility index (Phi) is 7.12. The van der Waals surface area contributed by atoms with Gasteiger partial charge in [-0.3, -0.25) is 0 Å². The number of aromatic nitrogens is 2. The summed E-state index contributed by atoms with van der Waals surface area (Å²) in [5.74, 6) is 1.47. The van der Waals surface area contributed by atoms with E-state index in [1.54, 1.807) is 0 Å². The van der Waals surface area contributed by atoms with Crippen LogP contribution in [0.4, 0.5) is 4.79 Å². The molecule has 0 aliphatic heterocycles. The molecule has 0 unspecified atom stereocenters. The SMILES string of the molecule is C=C(C)CSc1nnc([C@@H](CC(C)C)NC(=O)OC(C)(C)C)o1. The number of carbonyl (C=O) groups is 1. The number of nitrogens with zero attached hydrogens (tertiary/aromatic N) is 2. The van der Waals surface area contributed by atoms with Crippen molar-refractivity contribution in [3.8, 4) is 0 Å². The first kappa shape index (κ1) is 19.5. The van der Waals surface area contributed by atoms with E-state index in [1.807, 2.05) is 27.7 Å². The van der Waals surface area contributed by atoms with Crippen molar-refractivity contribution in [3.05, 3.63) is 18.0 Å². The molecule has 1 amide bonds. The minimum absolute atomic E-state index is 0.355. The molecule has 130 valence electrons. The number of carbonyl (C=O) groups excluding carboxylic acids is 1. The summed E-state index contributed by atoms with van der Waals surface area (Å²) < 4.78 is 11.0. The minimum atomic E-state index is -0.552. The van der Waals surface area contributed by atoms with E-state index in [-0.39, 0.29) is 6.04 Å². The van der Waals surface area contributed by atoms with Crippen molar-refractivity contribution in [1.82, 2.24) is 15.5 Å². The first-order valence-electron chi connectivity index (χ1n) is 7.67. The van der Waals surface area contributed by atoms with Gasteiger partial charge in [0.05, 0.1) is 0 Å². The van der Waals surface area contributed by atoms with E-state index < -0.39 is 11.7 Å². The van der Waals surface area contributed by atoms with E-state index in [4.69, 9.17) is 9.15 Å². The van der Waals surface area contributed by atoms with E-state index >= 15 is 0 Å². The van der Waals surface area contributed by atoms with Crippen molar-refractivity contribution in [1.29, 1.82) is 0 Å². The molecular formula is C16H27N3O3S. The Morgan fingerprint density at radius 2 is 2.04 bits per heavy atom. The van der Waals surface area contributed by atoms with Gasteiger partial charge in [0.2, 0.25) is 5.89 Å². The lowest BCUT2D eigenvalue weighted by molar-refractivity contribution is 0.0487. The summed E-state index contributed by atoms with van der Waals surface area (Å²) >= 11 is 1.43. The van der Waals surface area contributed by atoms with Gasteiger partial charge < -0.3 is 14.5 Å². The fourth-order valence-corrected chi connectivity index (χ4v) is 2.36. The highest BCUT2D eigenvalue weighted by Gasteiger charge is 2.25. The Morgan fingerprint density at radius 1 is 1.39 bits per heavy atom. The summed E-state index contributed by atoms with van der Waals surface area (Å²) in [4.78, 5) is 12.0. The third-order valence-corrected chi connectivity index (χ3v) is 3.61. The average Bonchev–Trinajstić information content (AvgIpc) is 2.81.